The first kappa shape index (κ1) is 33.0. The summed E-state index contributed by atoms with van der Waals surface area (Å²) in [5.74, 6) is 1.06. The van der Waals surface area contributed by atoms with Crippen molar-refractivity contribution in [3.63, 3.8) is 0 Å². The normalized spacial score (nSPS) is 14.2. The largest absolute Gasteiger partial charge is 0.382 e. The first-order chi connectivity index (χ1) is 23.5. The van der Waals surface area contributed by atoms with Gasteiger partial charge in [0, 0.05) is 39.3 Å². The number of anilines is 7. The molecular formula is C32H34FN13O2S. The Morgan fingerprint density at radius 2 is 1.59 bits per heavy atom. The second-order valence-corrected chi connectivity index (χ2v) is 13.0. The Balaban J connectivity index is 1.14. The van der Waals surface area contributed by atoms with E-state index in [1.807, 2.05) is 30.3 Å². The zero-order valence-electron chi connectivity index (χ0n) is 26.6. The zero-order chi connectivity index (χ0) is 34.5. The van der Waals surface area contributed by atoms with Gasteiger partial charge in [-0.3, -0.25) is 0 Å². The maximum Gasteiger partial charge on any atom is 0.240 e. The molecule has 0 spiro atoms. The molecule has 1 atom stereocenters. The highest BCUT2D eigenvalue weighted by Gasteiger charge is 2.25. The SMILES string of the molecule is CN(C)c1nc(NCCNS(=O)(=O)c2ccc(C3=Nc4c(N)nc(N)nc4NC(c4ccccc4)C3)cc2)nc(Nc2ccc(F)cc2)n1. The minimum Gasteiger partial charge on any atom is -0.382 e. The summed E-state index contributed by atoms with van der Waals surface area (Å²) >= 11 is 0. The smallest absolute Gasteiger partial charge is 0.240 e. The molecule has 0 aliphatic carbocycles. The predicted molar refractivity (Wildman–Crippen MR) is 188 cm³/mol. The standard InChI is InChI=1S/C32H34FN13O2S/c1-46(2)32-44-30(43-31(45-32)38-22-12-10-21(33)11-13-22)36-16-17-37-49(47,48)23-14-8-20(9-15-23)24-18-25(19-6-4-3-5-7-19)40-28-26(39-24)27(34)41-29(35)42-28/h3-15,25,37H,16-18H2,1-2H3,(H5,34,35,40,41,42)(H2,36,38,43,44,45). The number of nitrogen functional groups attached to an aromatic ring is 2. The Morgan fingerprint density at radius 3 is 2.31 bits per heavy atom. The second-order valence-electron chi connectivity index (χ2n) is 11.2. The number of rotatable bonds is 11. The van der Waals surface area contributed by atoms with E-state index in [2.05, 4.69) is 45.6 Å². The molecule has 3 aromatic carbocycles. The van der Waals surface area contributed by atoms with Crippen molar-refractivity contribution in [2.75, 3.05) is 59.5 Å². The van der Waals surface area contributed by atoms with E-state index in [4.69, 9.17) is 16.5 Å². The molecule has 0 bridgehead atoms. The Hall–Kier alpha value is -5.94. The van der Waals surface area contributed by atoms with E-state index < -0.39 is 10.0 Å². The van der Waals surface area contributed by atoms with E-state index in [-0.39, 0.29) is 53.5 Å². The van der Waals surface area contributed by atoms with E-state index in [1.54, 1.807) is 43.3 Å². The van der Waals surface area contributed by atoms with Crippen LogP contribution in [0.3, 0.4) is 0 Å². The minimum atomic E-state index is -3.86. The quantitative estimate of drug-likeness (QED) is 0.109. The van der Waals surface area contributed by atoms with E-state index in [9.17, 15) is 12.8 Å². The summed E-state index contributed by atoms with van der Waals surface area (Å²) in [6.07, 6.45) is 0.462. The highest BCUT2D eigenvalue weighted by atomic mass is 32.2. The maximum absolute atomic E-state index is 13.3. The van der Waals surface area contributed by atoms with Crippen molar-refractivity contribution in [2.24, 2.45) is 4.99 Å². The Labute approximate surface area is 282 Å². The fourth-order valence-corrected chi connectivity index (χ4v) is 6.02. The molecule has 2 aromatic heterocycles. The first-order valence-electron chi connectivity index (χ1n) is 15.2. The van der Waals surface area contributed by atoms with Crippen LogP contribution in [0.2, 0.25) is 0 Å². The van der Waals surface area contributed by atoms with Crippen LogP contribution in [0.25, 0.3) is 0 Å². The number of hydrogen-bond acceptors (Lipinski definition) is 14. The van der Waals surface area contributed by atoms with E-state index in [0.717, 1.165) is 5.56 Å². The van der Waals surface area contributed by atoms with Crippen molar-refractivity contribution in [3.8, 4) is 0 Å². The number of aromatic nitrogens is 5. The van der Waals surface area contributed by atoms with Gasteiger partial charge in [-0.15, -0.1) is 0 Å². The van der Waals surface area contributed by atoms with E-state index in [1.165, 1.54) is 24.3 Å². The van der Waals surface area contributed by atoms with Crippen molar-refractivity contribution in [1.82, 2.24) is 29.6 Å². The monoisotopic (exact) mass is 683 g/mol. The molecule has 0 fully saturated rings. The zero-order valence-corrected chi connectivity index (χ0v) is 27.4. The summed E-state index contributed by atoms with van der Waals surface area (Å²) in [5, 5.41) is 9.43. The number of hydrogen-bond donors (Lipinski definition) is 6. The first-order valence-corrected chi connectivity index (χ1v) is 16.6. The second kappa shape index (κ2) is 14.0. The number of aliphatic imine (C=N–C) groups is 1. The summed E-state index contributed by atoms with van der Waals surface area (Å²) in [6.45, 7) is 0.229. The van der Waals surface area contributed by atoms with Crippen LogP contribution in [0.4, 0.5) is 51.2 Å². The molecule has 1 aliphatic rings. The average Bonchev–Trinajstić information content (AvgIpc) is 3.28. The number of sulfonamides is 1. The van der Waals surface area contributed by atoms with Crippen LogP contribution < -0.4 is 37.0 Å². The summed E-state index contributed by atoms with van der Waals surface area (Å²) in [4.78, 5) is 28.1. The van der Waals surface area contributed by atoms with Gasteiger partial charge in [-0.2, -0.15) is 24.9 Å². The molecule has 5 aromatic rings. The Bertz CT molecular complexity index is 2080. The molecule has 49 heavy (non-hydrogen) atoms. The van der Waals surface area contributed by atoms with Gasteiger partial charge >= 0.3 is 0 Å². The summed E-state index contributed by atoms with van der Waals surface area (Å²) in [5.41, 5.74) is 15.4. The summed E-state index contributed by atoms with van der Waals surface area (Å²) < 4.78 is 42.3. The van der Waals surface area contributed by atoms with Crippen LogP contribution >= 0.6 is 0 Å². The van der Waals surface area contributed by atoms with Gasteiger partial charge in [0.2, 0.25) is 33.8 Å². The van der Waals surface area contributed by atoms with Crippen LogP contribution in [0, 0.1) is 5.82 Å². The number of fused-ring (bicyclic) bond motifs is 1. The van der Waals surface area contributed by atoms with E-state index in [0.29, 0.717) is 40.8 Å². The molecular weight excluding hydrogens is 650 g/mol. The van der Waals surface area contributed by atoms with Gasteiger partial charge in [0.15, 0.2) is 11.6 Å². The number of nitrogens with zero attached hydrogens (tertiary/aromatic N) is 7. The molecule has 0 saturated carbocycles. The molecule has 15 nitrogen and oxygen atoms in total. The fraction of sp³-hybridized carbons (Fsp3) is 0.188. The molecule has 17 heteroatoms. The predicted octanol–water partition coefficient (Wildman–Crippen LogP) is 3.84. The number of nitrogens with one attached hydrogen (secondary N) is 4. The van der Waals surface area contributed by atoms with Crippen LogP contribution in [-0.2, 0) is 10.0 Å². The van der Waals surface area contributed by atoms with Crippen molar-refractivity contribution in [2.45, 2.75) is 17.4 Å². The van der Waals surface area contributed by atoms with Gasteiger partial charge in [-0.25, -0.2) is 22.5 Å². The Morgan fingerprint density at radius 1 is 0.878 bits per heavy atom. The number of nitrogens with two attached hydrogens (primary N) is 2. The highest BCUT2D eigenvalue weighted by molar-refractivity contribution is 7.89. The molecule has 6 rings (SSSR count). The molecule has 0 radical (unpaired) electrons. The van der Waals surface area contributed by atoms with Crippen molar-refractivity contribution < 1.29 is 12.8 Å². The lowest BCUT2D eigenvalue weighted by Gasteiger charge is -2.19. The van der Waals surface area contributed by atoms with Gasteiger partial charge in [0.05, 0.1) is 16.6 Å². The summed E-state index contributed by atoms with van der Waals surface area (Å²) in [6, 6.07) is 21.8. The minimum absolute atomic E-state index is 0.0294. The summed E-state index contributed by atoms with van der Waals surface area (Å²) in [7, 11) is -0.302. The van der Waals surface area contributed by atoms with Crippen molar-refractivity contribution in [3.05, 3.63) is 95.8 Å². The third-order valence-corrected chi connectivity index (χ3v) is 8.88. The molecule has 8 N–H and O–H groups in total. The van der Waals surface area contributed by atoms with Gasteiger partial charge < -0.3 is 32.3 Å². The van der Waals surface area contributed by atoms with Crippen LogP contribution in [0.5, 0.6) is 0 Å². The molecule has 3 heterocycles. The van der Waals surface area contributed by atoms with Crippen molar-refractivity contribution >= 4 is 62.5 Å². The lowest BCUT2D eigenvalue weighted by molar-refractivity contribution is 0.583. The van der Waals surface area contributed by atoms with Gasteiger partial charge in [0.1, 0.15) is 11.5 Å². The topological polar surface area (TPSA) is 214 Å². The highest BCUT2D eigenvalue weighted by Crippen LogP contribution is 2.37. The van der Waals surface area contributed by atoms with E-state index >= 15 is 0 Å². The van der Waals surface area contributed by atoms with Crippen LogP contribution in [-0.4, -0.2) is 66.2 Å². The molecule has 1 unspecified atom stereocenters. The lowest BCUT2D eigenvalue weighted by atomic mass is 9.97. The molecule has 0 saturated heterocycles. The fourth-order valence-electron chi connectivity index (χ4n) is 4.99. The molecule has 252 valence electrons. The molecule has 0 amide bonds. The maximum atomic E-state index is 13.3. The third-order valence-electron chi connectivity index (χ3n) is 7.41. The Kier molecular flexibility index (Phi) is 9.45. The van der Waals surface area contributed by atoms with Crippen LogP contribution in [0.1, 0.15) is 23.6 Å². The van der Waals surface area contributed by atoms with Crippen molar-refractivity contribution in [1.29, 1.82) is 0 Å². The molecule has 1 aliphatic heterocycles. The van der Waals surface area contributed by atoms with Gasteiger partial charge in [-0.05, 0) is 47.5 Å². The average molecular weight is 684 g/mol. The lowest BCUT2D eigenvalue weighted by Crippen LogP contribution is -2.29. The number of halogens is 1. The third kappa shape index (κ3) is 7.96. The van der Waals surface area contributed by atoms with Gasteiger partial charge in [-0.1, -0.05) is 42.5 Å². The van der Waals surface area contributed by atoms with Crippen LogP contribution in [0.15, 0.2) is 88.8 Å². The number of benzene rings is 3. The van der Waals surface area contributed by atoms with Gasteiger partial charge in [0.25, 0.3) is 0 Å².